The maximum Gasteiger partial charge on any atom is 0.274 e. The number of hydrogen-bond acceptors (Lipinski definition) is 4. The molecule has 1 saturated heterocycles. The Morgan fingerprint density at radius 2 is 1.76 bits per heavy atom. The number of nitrogens with zero attached hydrogens (tertiary/aromatic N) is 4. The highest BCUT2D eigenvalue weighted by Gasteiger charge is 2.32. The molecule has 25 heavy (non-hydrogen) atoms. The third kappa shape index (κ3) is 2.75. The van der Waals surface area contributed by atoms with Crippen LogP contribution >= 0.6 is 0 Å². The van der Waals surface area contributed by atoms with Gasteiger partial charge in [-0.25, -0.2) is 4.98 Å². The number of aryl methyl sites for hydroxylation is 1. The molecular weight excluding hydrogens is 316 g/mol. The summed E-state index contributed by atoms with van der Waals surface area (Å²) in [6.45, 7) is 1.54. The molecule has 2 aromatic heterocycles. The number of piperidine rings is 1. The van der Waals surface area contributed by atoms with Gasteiger partial charge in [-0.05, 0) is 51.4 Å². The number of H-pyrrole nitrogens is 2. The van der Waals surface area contributed by atoms with E-state index in [2.05, 4.69) is 25.4 Å². The molecule has 7 nitrogen and oxygen atoms in total. The Morgan fingerprint density at radius 3 is 2.56 bits per heavy atom. The van der Waals surface area contributed by atoms with Crippen molar-refractivity contribution in [2.24, 2.45) is 0 Å². The molecule has 0 unspecified atom stereocenters. The predicted molar refractivity (Wildman–Crippen MR) is 91.5 cm³/mol. The topological polar surface area (TPSA) is 90.6 Å². The summed E-state index contributed by atoms with van der Waals surface area (Å²) in [7, 11) is 0. The fourth-order valence-corrected chi connectivity index (χ4v) is 4.16. The number of hydrogen-bond donors (Lipinski definition) is 2. The SMILES string of the molecule is O=C(c1n[nH]c2c1CCCC2)N1CCC(c2nc(C3CC3)n[nH]2)CC1. The summed E-state index contributed by atoms with van der Waals surface area (Å²) >= 11 is 0. The van der Waals surface area contributed by atoms with Gasteiger partial charge in [0.05, 0.1) is 0 Å². The van der Waals surface area contributed by atoms with Crippen LogP contribution in [-0.4, -0.2) is 49.3 Å². The zero-order valence-corrected chi connectivity index (χ0v) is 14.4. The molecule has 1 amide bonds. The lowest BCUT2D eigenvalue weighted by molar-refractivity contribution is 0.0704. The molecule has 3 heterocycles. The number of aromatic nitrogens is 5. The molecule has 0 atom stereocenters. The van der Waals surface area contributed by atoms with Crippen molar-refractivity contribution in [1.82, 2.24) is 30.3 Å². The quantitative estimate of drug-likeness (QED) is 0.897. The third-order valence-electron chi connectivity index (χ3n) is 5.89. The van der Waals surface area contributed by atoms with Gasteiger partial charge in [0.15, 0.2) is 11.5 Å². The zero-order chi connectivity index (χ0) is 16.8. The van der Waals surface area contributed by atoms with Gasteiger partial charge in [-0.1, -0.05) is 0 Å². The molecule has 0 radical (unpaired) electrons. The van der Waals surface area contributed by atoms with Gasteiger partial charge in [-0.3, -0.25) is 15.0 Å². The van der Waals surface area contributed by atoms with Crippen molar-refractivity contribution < 1.29 is 4.79 Å². The van der Waals surface area contributed by atoms with Gasteiger partial charge in [0.1, 0.15) is 5.82 Å². The summed E-state index contributed by atoms with van der Waals surface area (Å²) in [5, 5.41) is 14.9. The van der Waals surface area contributed by atoms with Crippen LogP contribution in [0.1, 0.15) is 83.8 Å². The van der Waals surface area contributed by atoms with E-state index in [-0.39, 0.29) is 5.91 Å². The molecule has 1 saturated carbocycles. The van der Waals surface area contributed by atoms with Gasteiger partial charge in [0.25, 0.3) is 5.91 Å². The Hall–Kier alpha value is -2.18. The summed E-state index contributed by atoms with van der Waals surface area (Å²) in [6.07, 6.45) is 8.67. The molecule has 0 spiro atoms. The Bertz CT molecular complexity index is 781. The standard InChI is InChI=1S/C18H24N6O/c25-18(15-13-3-1-2-4-14(13)20-21-15)24-9-7-12(8-10-24)17-19-16(22-23-17)11-5-6-11/h11-12H,1-10H2,(H,20,21)(H,19,22,23). The molecular formula is C18H24N6O. The van der Waals surface area contributed by atoms with Crippen molar-refractivity contribution in [3.63, 3.8) is 0 Å². The van der Waals surface area contributed by atoms with Gasteiger partial charge in [0, 0.05) is 36.2 Å². The number of rotatable bonds is 3. The lowest BCUT2D eigenvalue weighted by atomic mass is 9.94. The van der Waals surface area contributed by atoms with Crippen LogP contribution in [0.15, 0.2) is 0 Å². The minimum atomic E-state index is 0.0917. The van der Waals surface area contributed by atoms with E-state index in [4.69, 9.17) is 0 Å². The lowest BCUT2D eigenvalue weighted by Gasteiger charge is -2.30. The van der Waals surface area contributed by atoms with Gasteiger partial charge < -0.3 is 4.90 Å². The first-order valence-electron chi connectivity index (χ1n) is 9.57. The van der Waals surface area contributed by atoms with Crippen molar-refractivity contribution in [2.45, 2.75) is 63.2 Å². The third-order valence-corrected chi connectivity index (χ3v) is 5.89. The average molecular weight is 340 g/mol. The number of amides is 1. The van der Waals surface area contributed by atoms with Crippen LogP contribution in [0.4, 0.5) is 0 Å². The van der Waals surface area contributed by atoms with Crippen LogP contribution in [0.3, 0.4) is 0 Å². The van der Waals surface area contributed by atoms with Crippen LogP contribution < -0.4 is 0 Å². The first-order valence-corrected chi connectivity index (χ1v) is 9.57. The van der Waals surface area contributed by atoms with E-state index in [1.807, 2.05) is 4.90 Å². The first-order chi connectivity index (χ1) is 12.3. The second-order valence-corrected chi connectivity index (χ2v) is 7.66. The maximum atomic E-state index is 12.9. The predicted octanol–water partition coefficient (Wildman–Crippen LogP) is 2.30. The van der Waals surface area contributed by atoms with E-state index in [1.165, 1.54) is 25.0 Å². The van der Waals surface area contributed by atoms with E-state index >= 15 is 0 Å². The van der Waals surface area contributed by atoms with Gasteiger partial charge >= 0.3 is 0 Å². The largest absolute Gasteiger partial charge is 0.337 e. The Labute approximate surface area is 146 Å². The molecule has 5 rings (SSSR count). The molecule has 0 bridgehead atoms. The average Bonchev–Trinajstić information content (AvgIpc) is 3.23. The second kappa shape index (κ2) is 5.97. The molecule has 0 aromatic carbocycles. The second-order valence-electron chi connectivity index (χ2n) is 7.66. The van der Waals surface area contributed by atoms with Crippen LogP contribution in [-0.2, 0) is 12.8 Å². The van der Waals surface area contributed by atoms with Crippen molar-refractivity contribution in [2.75, 3.05) is 13.1 Å². The van der Waals surface area contributed by atoms with Gasteiger partial charge in [-0.15, -0.1) is 0 Å². The molecule has 2 fully saturated rings. The summed E-state index contributed by atoms with van der Waals surface area (Å²) in [5.74, 6) is 3.05. The number of aromatic amines is 2. The van der Waals surface area contributed by atoms with Crippen molar-refractivity contribution in [1.29, 1.82) is 0 Å². The number of fused-ring (bicyclic) bond motifs is 1. The molecule has 1 aliphatic heterocycles. The number of likely N-dealkylation sites (tertiary alicyclic amines) is 1. The first kappa shape index (κ1) is 15.1. The van der Waals surface area contributed by atoms with Crippen molar-refractivity contribution in [3.8, 4) is 0 Å². The maximum absolute atomic E-state index is 12.9. The Balaban J connectivity index is 1.25. The van der Waals surface area contributed by atoms with Crippen LogP contribution in [0.2, 0.25) is 0 Å². The summed E-state index contributed by atoms with van der Waals surface area (Å²) in [6, 6.07) is 0. The highest BCUT2D eigenvalue weighted by molar-refractivity contribution is 5.94. The van der Waals surface area contributed by atoms with E-state index in [1.54, 1.807) is 0 Å². The molecule has 2 aromatic rings. The summed E-state index contributed by atoms with van der Waals surface area (Å²) < 4.78 is 0. The van der Waals surface area contributed by atoms with E-state index in [0.29, 0.717) is 17.5 Å². The van der Waals surface area contributed by atoms with Crippen LogP contribution in [0.5, 0.6) is 0 Å². The monoisotopic (exact) mass is 340 g/mol. The molecule has 7 heteroatoms. The fourth-order valence-electron chi connectivity index (χ4n) is 4.16. The number of carbonyl (C=O) groups is 1. The van der Waals surface area contributed by atoms with Gasteiger partial charge in [0.2, 0.25) is 0 Å². The van der Waals surface area contributed by atoms with Crippen LogP contribution in [0.25, 0.3) is 0 Å². The van der Waals surface area contributed by atoms with E-state index < -0.39 is 0 Å². The lowest BCUT2D eigenvalue weighted by Crippen LogP contribution is -2.38. The minimum Gasteiger partial charge on any atom is -0.337 e. The Morgan fingerprint density at radius 1 is 0.960 bits per heavy atom. The van der Waals surface area contributed by atoms with E-state index in [0.717, 1.165) is 62.4 Å². The minimum absolute atomic E-state index is 0.0917. The number of carbonyl (C=O) groups excluding carboxylic acids is 1. The zero-order valence-electron chi connectivity index (χ0n) is 14.4. The smallest absolute Gasteiger partial charge is 0.274 e. The van der Waals surface area contributed by atoms with E-state index in [9.17, 15) is 4.79 Å². The molecule has 132 valence electrons. The molecule has 2 aliphatic carbocycles. The van der Waals surface area contributed by atoms with Crippen LogP contribution in [0, 0.1) is 0 Å². The molecule has 2 N–H and O–H groups in total. The summed E-state index contributed by atoms with van der Waals surface area (Å²) in [5.41, 5.74) is 2.98. The van der Waals surface area contributed by atoms with Crippen molar-refractivity contribution >= 4 is 5.91 Å². The molecule has 3 aliphatic rings. The highest BCUT2D eigenvalue weighted by Crippen LogP contribution is 2.38. The van der Waals surface area contributed by atoms with Gasteiger partial charge in [-0.2, -0.15) is 10.2 Å². The fraction of sp³-hybridized carbons (Fsp3) is 0.667. The highest BCUT2D eigenvalue weighted by atomic mass is 16.2. The summed E-state index contributed by atoms with van der Waals surface area (Å²) in [4.78, 5) is 19.5. The normalized spacial score (nSPS) is 21.4. The van der Waals surface area contributed by atoms with Crippen molar-refractivity contribution in [3.05, 3.63) is 28.6 Å². The number of nitrogens with one attached hydrogen (secondary N) is 2. The Kier molecular flexibility index (Phi) is 3.60.